The van der Waals surface area contributed by atoms with Gasteiger partial charge in [0.15, 0.2) is 0 Å². The molecule has 21 heavy (non-hydrogen) atoms. The highest BCUT2D eigenvalue weighted by Crippen LogP contribution is 2.33. The third-order valence-corrected chi connectivity index (χ3v) is 3.37. The van der Waals surface area contributed by atoms with Crippen LogP contribution < -0.4 is 0 Å². The maximum absolute atomic E-state index is 12.4. The zero-order valence-corrected chi connectivity index (χ0v) is 13.4. The molecule has 1 rings (SSSR count). The molecule has 0 aromatic rings. The van der Waals surface area contributed by atoms with Crippen molar-refractivity contribution in [2.24, 2.45) is 0 Å². The summed E-state index contributed by atoms with van der Waals surface area (Å²) in [5.74, 6) is 0. The van der Waals surface area contributed by atoms with Crippen molar-refractivity contribution in [3.63, 3.8) is 0 Å². The first-order chi connectivity index (χ1) is 9.44. The van der Waals surface area contributed by atoms with E-state index in [9.17, 15) is 20.1 Å². The van der Waals surface area contributed by atoms with Crippen LogP contribution in [0, 0.1) is 0 Å². The lowest BCUT2D eigenvalue weighted by Crippen LogP contribution is -2.53. The lowest BCUT2D eigenvalue weighted by Gasteiger charge is -2.37. The molecule has 1 aliphatic heterocycles. The number of nitrogens with zero attached hydrogens (tertiary/aromatic N) is 1. The van der Waals surface area contributed by atoms with Crippen LogP contribution in [0.5, 0.6) is 0 Å². The predicted molar refractivity (Wildman–Crippen MR) is 75.6 cm³/mol. The topological polar surface area (TPSA) is 99.5 Å². The molecular weight excluding hydrogens is 278 g/mol. The molecule has 0 spiro atoms. The number of ether oxygens (including phenoxy) is 2. The third-order valence-electron chi connectivity index (χ3n) is 3.37. The first-order valence-electron chi connectivity index (χ1n) is 7.04. The number of carbonyl (C=O) groups excluding carboxylic acids is 1. The monoisotopic (exact) mass is 305 g/mol. The van der Waals surface area contributed by atoms with Gasteiger partial charge in [-0.15, -0.1) is 0 Å². The number of hydrogen-bond donors (Lipinski definition) is 3. The second-order valence-corrected chi connectivity index (χ2v) is 7.01. The fourth-order valence-corrected chi connectivity index (χ4v) is 2.33. The third kappa shape index (κ3) is 4.54. The van der Waals surface area contributed by atoms with E-state index in [0.29, 0.717) is 0 Å². The highest BCUT2D eigenvalue weighted by atomic mass is 16.6. The van der Waals surface area contributed by atoms with E-state index in [1.54, 1.807) is 34.6 Å². The molecule has 0 aromatic carbocycles. The fourth-order valence-electron chi connectivity index (χ4n) is 2.33. The van der Waals surface area contributed by atoms with Crippen LogP contribution in [0.3, 0.4) is 0 Å². The summed E-state index contributed by atoms with van der Waals surface area (Å²) >= 11 is 0. The number of aliphatic hydroxyl groups is 3. The smallest absolute Gasteiger partial charge is 0.412 e. The van der Waals surface area contributed by atoms with Gasteiger partial charge in [-0.25, -0.2) is 4.79 Å². The molecule has 0 bridgehead atoms. The standard InChI is InChI=1S/C14H27NO6/c1-12(2,3)21-11(18)15-10(7-20-13(15,4)5)6-14(19,8-16)9-17/h10,16-17,19H,6-9H2,1-5H3/t10-/m0/s1. The van der Waals surface area contributed by atoms with Crippen molar-refractivity contribution in [2.75, 3.05) is 19.8 Å². The number of carbonyl (C=O) groups is 1. The van der Waals surface area contributed by atoms with Crippen molar-refractivity contribution in [1.29, 1.82) is 0 Å². The van der Waals surface area contributed by atoms with Crippen LogP contribution in [-0.4, -0.2) is 69.1 Å². The largest absolute Gasteiger partial charge is 0.444 e. The van der Waals surface area contributed by atoms with E-state index in [0.717, 1.165) is 0 Å². The maximum Gasteiger partial charge on any atom is 0.412 e. The van der Waals surface area contributed by atoms with Crippen molar-refractivity contribution >= 4 is 6.09 Å². The fraction of sp³-hybridized carbons (Fsp3) is 0.929. The molecule has 1 aliphatic rings. The van der Waals surface area contributed by atoms with Crippen LogP contribution in [-0.2, 0) is 9.47 Å². The highest BCUT2D eigenvalue weighted by Gasteiger charge is 2.48. The first-order valence-corrected chi connectivity index (χ1v) is 7.04. The molecule has 124 valence electrons. The summed E-state index contributed by atoms with van der Waals surface area (Å²) in [5.41, 5.74) is -3.18. The van der Waals surface area contributed by atoms with Gasteiger partial charge >= 0.3 is 6.09 Å². The Bertz CT molecular complexity index is 372. The van der Waals surface area contributed by atoms with Gasteiger partial charge in [-0.05, 0) is 34.6 Å². The number of hydrogen-bond acceptors (Lipinski definition) is 6. The summed E-state index contributed by atoms with van der Waals surface area (Å²) in [4.78, 5) is 13.8. The van der Waals surface area contributed by atoms with Crippen molar-refractivity contribution in [3.8, 4) is 0 Å². The molecule has 0 saturated carbocycles. The van der Waals surface area contributed by atoms with Crippen LogP contribution in [0.25, 0.3) is 0 Å². The van der Waals surface area contributed by atoms with Crippen LogP contribution in [0.1, 0.15) is 41.0 Å². The van der Waals surface area contributed by atoms with Gasteiger partial charge in [0.05, 0.1) is 25.9 Å². The van der Waals surface area contributed by atoms with E-state index in [1.807, 2.05) is 0 Å². The van der Waals surface area contributed by atoms with Gasteiger partial charge in [0.25, 0.3) is 0 Å². The van der Waals surface area contributed by atoms with E-state index in [1.165, 1.54) is 4.90 Å². The van der Waals surface area contributed by atoms with E-state index in [4.69, 9.17) is 9.47 Å². The van der Waals surface area contributed by atoms with Crippen molar-refractivity contribution in [2.45, 2.75) is 64.0 Å². The molecule has 0 aromatic heterocycles. The zero-order valence-electron chi connectivity index (χ0n) is 13.4. The van der Waals surface area contributed by atoms with Gasteiger partial charge in [-0.3, -0.25) is 4.90 Å². The molecule has 1 heterocycles. The molecule has 7 heteroatoms. The Kier molecular flexibility index (Phi) is 5.26. The van der Waals surface area contributed by atoms with Crippen LogP contribution in [0.15, 0.2) is 0 Å². The Hall–Kier alpha value is -0.890. The first kappa shape index (κ1) is 18.2. The zero-order chi connectivity index (χ0) is 16.5. The molecule has 1 amide bonds. The second-order valence-electron chi connectivity index (χ2n) is 7.01. The van der Waals surface area contributed by atoms with Crippen LogP contribution >= 0.6 is 0 Å². The lowest BCUT2D eigenvalue weighted by molar-refractivity contribution is -0.0831. The lowest BCUT2D eigenvalue weighted by atomic mass is 9.96. The molecule has 3 N–H and O–H groups in total. The number of amides is 1. The molecule has 1 atom stereocenters. The van der Waals surface area contributed by atoms with E-state index in [2.05, 4.69) is 0 Å². The minimum Gasteiger partial charge on any atom is -0.444 e. The minimum atomic E-state index is -1.66. The quantitative estimate of drug-likeness (QED) is 0.698. The molecular formula is C14H27NO6. The molecule has 0 unspecified atom stereocenters. The Morgan fingerprint density at radius 1 is 1.33 bits per heavy atom. The van der Waals surface area contributed by atoms with Gasteiger partial charge in [0.2, 0.25) is 0 Å². The Morgan fingerprint density at radius 3 is 2.29 bits per heavy atom. The second kappa shape index (κ2) is 6.08. The normalized spacial score (nSPS) is 22.5. The average molecular weight is 305 g/mol. The summed E-state index contributed by atoms with van der Waals surface area (Å²) < 4.78 is 11.0. The van der Waals surface area contributed by atoms with Gasteiger partial charge in [0.1, 0.15) is 16.9 Å². The van der Waals surface area contributed by atoms with Crippen molar-refractivity contribution in [3.05, 3.63) is 0 Å². The SMILES string of the molecule is CC(C)(C)OC(=O)N1[C@@H](CC(O)(CO)CO)COC1(C)C. The maximum atomic E-state index is 12.4. The minimum absolute atomic E-state index is 0.00265. The van der Waals surface area contributed by atoms with Crippen molar-refractivity contribution in [1.82, 2.24) is 4.90 Å². The highest BCUT2D eigenvalue weighted by molar-refractivity contribution is 5.69. The molecule has 1 fully saturated rings. The Labute approximate surface area is 125 Å². The molecule has 7 nitrogen and oxygen atoms in total. The van der Waals surface area contributed by atoms with Crippen LogP contribution in [0.4, 0.5) is 4.79 Å². The summed E-state index contributed by atoms with van der Waals surface area (Å²) in [7, 11) is 0. The van der Waals surface area contributed by atoms with E-state index >= 15 is 0 Å². The number of aliphatic hydroxyl groups excluding tert-OH is 2. The van der Waals surface area contributed by atoms with Crippen LogP contribution in [0.2, 0.25) is 0 Å². The van der Waals surface area contributed by atoms with Gasteiger partial charge in [-0.1, -0.05) is 0 Å². The molecule has 0 radical (unpaired) electrons. The number of rotatable bonds is 4. The summed E-state index contributed by atoms with van der Waals surface area (Å²) in [6.45, 7) is 7.77. The average Bonchev–Trinajstić information content (AvgIpc) is 2.62. The predicted octanol–water partition coefficient (Wildman–Crippen LogP) is 0.464. The summed E-state index contributed by atoms with van der Waals surface area (Å²) in [6.07, 6.45) is -0.545. The molecule has 1 saturated heterocycles. The summed E-state index contributed by atoms with van der Waals surface area (Å²) in [5, 5.41) is 28.5. The van der Waals surface area contributed by atoms with E-state index in [-0.39, 0.29) is 13.0 Å². The summed E-state index contributed by atoms with van der Waals surface area (Å²) in [6, 6.07) is -0.487. The van der Waals surface area contributed by atoms with Crippen molar-refractivity contribution < 1.29 is 29.6 Å². The van der Waals surface area contributed by atoms with Gasteiger partial charge in [0, 0.05) is 6.42 Å². The van der Waals surface area contributed by atoms with Gasteiger partial charge in [-0.2, -0.15) is 0 Å². The Morgan fingerprint density at radius 2 is 1.86 bits per heavy atom. The Balaban J connectivity index is 2.92. The van der Waals surface area contributed by atoms with E-state index < -0.39 is 42.3 Å². The van der Waals surface area contributed by atoms with Gasteiger partial charge < -0.3 is 24.8 Å². The molecule has 0 aliphatic carbocycles.